The first kappa shape index (κ1) is 13.1. The largest absolute Gasteiger partial charge is 0.397 e. The number of anilines is 2. The van der Waals surface area contributed by atoms with Crippen molar-refractivity contribution < 1.29 is 0 Å². The van der Waals surface area contributed by atoms with E-state index < -0.39 is 0 Å². The van der Waals surface area contributed by atoms with Gasteiger partial charge in [-0.1, -0.05) is 6.92 Å². The molecule has 0 saturated carbocycles. The standard InChI is InChI=1S/C14H24N4/c1-11(10-18-7-3-4-8-18)9-16-14-6-5-13(15)12(2)17-14/h5-6,11H,3-4,7-10,15H2,1-2H3,(H,16,17). The SMILES string of the molecule is Cc1nc(NCC(C)CN2CCCC2)ccc1N. The summed E-state index contributed by atoms with van der Waals surface area (Å²) in [5.41, 5.74) is 7.41. The molecule has 0 aliphatic carbocycles. The van der Waals surface area contributed by atoms with Gasteiger partial charge in [-0.2, -0.15) is 0 Å². The Morgan fingerprint density at radius 1 is 1.39 bits per heavy atom. The van der Waals surface area contributed by atoms with Gasteiger partial charge in [-0.05, 0) is 50.9 Å². The van der Waals surface area contributed by atoms with E-state index in [1.165, 1.54) is 32.5 Å². The molecule has 100 valence electrons. The van der Waals surface area contributed by atoms with Crippen LogP contribution in [0.5, 0.6) is 0 Å². The zero-order valence-corrected chi connectivity index (χ0v) is 11.4. The third kappa shape index (κ3) is 3.60. The molecule has 1 aromatic heterocycles. The third-order valence-corrected chi connectivity index (χ3v) is 3.53. The fourth-order valence-corrected chi connectivity index (χ4v) is 2.42. The Kier molecular flexibility index (Phi) is 4.42. The summed E-state index contributed by atoms with van der Waals surface area (Å²) in [6.07, 6.45) is 2.72. The first-order valence-electron chi connectivity index (χ1n) is 6.84. The minimum absolute atomic E-state index is 0.641. The Hall–Kier alpha value is -1.29. The molecule has 3 N–H and O–H groups in total. The molecule has 1 saturated heterocycles. The molecule has 0 spiro atoms. The van der Waals surface area contributed by atoms with E-state index in [9.17, 15) is 0 Å². The van der Waals surface area contributed by atoms with Crippen molar-refractivity contribution in [2.75, 3.05) is 37.2 Å². The van der Waals surface area contributed by atoms with Gasteiger partial charge in [-0.3, -0.25) is 0 Å². The zero-order valence-electron chi connectivity index (χ0n) is 11.4. The van der Waals surface area contributed by atoms with Gasteiger partial charge in [0.1, 0.15) is 5.82 Å². The smallest absolute Gasteiger partial charge is 0.126 e. The second kappa shape index (κ2) is 6.05. The minimum Gasteiger partial charge on any atom is -0.397 e. The fraction of sp³-hybridized carbons (Fsp3) is 0.643. The number of nitrogens with one attached hydrogen (secondary N) is 1. The second-order valence-corrected chi connectivity index (χ2v) is 5.36. The zero-order chi connectivity index (χ0) is 13.0. The van der Waals surface area contributed by atoms with E-state index in [-0.39, 0.29) is 0 Å². The van der Waals surface area contributed by atoms with Crippen LogP contribution in [0.15, 0.2) is 12.1 Å². The van der Waals surface area contributed by atoms with Crippen LogP contribution in [-0.2, 0) is 0 Å². The lowest BCUT2D eigenvalue weighted by Gasteiger charge is -2.20. The lowest BCUT2D eigenvalue weighted by atomic mass is 10.1. The van der Waals surface area contributed by atoms with Crippen LogP contribution in [-0.4, -0.2) is 36.1 Å². The number of aryl methyl sites for hydroxylation is 1. The molecule has 1 atom stereocenters. The van der Waals surface area contributed by atoms with Crippen LogP contribution in [0.2, 0.25) is 0 Å². The maximum atomic E-state index is 5.76. The van der Waals surface area contributed by atoms with Crippen LogP contribution in [0, 0.1) is 12.8 Å². The minimum atomic E-state index is 0.641. The highest BCUT2D eigenvalue weighted by molar-refractivity contribution is 5.48. The second-order valence-electron chi connectivity index (χ2n) is 5.36. The van der Waals surface area contributed by atoms with Crippen molar-refractivity contribution in [2.45, 2.75) is 26.7 Å². The molecule has 0 amide bonds. The topological polar surface area (TPSA) is 54.2 Å². The summed E-state index contributed by atoms with van der Waals surface area (Å²) in [5.74, 6) is 1.57. The number of rotatable bonds is 5. The summed E-state index contributed by atoms with van der Waals surface area (Å²) < 4.78 is 0. The van der Waals surface area contributed by atoms with Gasteiger partial charge in [-0.15, -0.1) is 0 Å². The van der Waals surface area contributed by atoms with E-state index in [1.54, 1.807) is 0 Å². The third-order valence-electron chi connectivity index (χ3n) is 3.53. The number of hydrogen-bond donors (Lipinski definition) is 2. The molecule has 0 radical (unpaired) electrons. The lowest BCUT2D eigenvalue weighted by molar-refractivity contribution is 0.294. The van der Waals surface area contributed by atoms with Crippen LogP contribution in [0.25, 0.3) is 0 Å². The maximum absolute atomic E-state index is 5.76. The number of likely N-dealkylation sites (tertiary alicyclic amines) is 1. The number of hydrogen-bond acceptors (Lipinski definition) is 4. The maximum Gasteiger partial charge on any atom is 0.126 e. The molecule has 1 unspecified atom stereocenters. The van der Waals surface area contributed by atoms with E-state index in [4.69, 9.17) is 5.73 Å². The molecule has 2 heterocycles. The summed E-state index contributed by atoms with van der Waals surface area (Å²) >= 11 is 0. The Labute approximate surface area is 110 Å². The Balaban J connectivity index is 1.77. The van der Waals surface area contributed by atoms with Crippen LogP contribution < -0.4 is 11.1 Å². The highest BCUT2D eigenvalue weighted by Crippen LogP contribution is 2.13. The van der Waals surface area contributed by atoms with E-state index in [0.717, 1.165) is 23.7 Å². The normalized spacial score (nSPS) is 17.9. The number of nitrogen functional groups attached to an aromatic ring is 1. The number of aromatic nitrogens is 1. The van der Waals surface area contributed by atoms with Crippen molar-refractivity contribution in [1.29, 1.82) is 0 Å². The van der Waals surface area contributed by atoms with Gasteiger partial charge in [0.05, 0.1) is 11.4 Å². The molecular weight excluding hydrogens is 224 g/mol. The Bertz CT molecular complexity index is 385. The predicted octanol–water partition coefficient (Wildman–Crippen LogP) is 2.12. The monoisotopic (exact) mass is 248 g/mol. The van der Waals surface area contributed by atoms with Crippen LogP contribution in [0.3, 0.4) is 0 Å². The van der Waals surface area contributed by atoms with Gasteiger partial charge in [-0.25, -0.2) is 4.98 Å². The van der Waals surface area contributed by atoms with Crippen molar-refractivity contribution in [2.24, 2.45) is 5.92 Å². The van der Waals surface area contributed by atoms with Crippen LogP contribution in [0.4, 0.5) is 11.5 Å². The first-order chi connectivity index (χ1) is 8.65. The van der Waals surface area contributed by atoms with Crippen molar-refractivity contribution in [3.8, 4) is 0 Å². The van der Waals surface area contributed by atoms with Crippen molar-refractivity contribution in [3.63, 3.8) is 0 Å². The molecule has 1 aromatic rings. The average Bonchev–Trinajstić information content (AvgIpc) is 2.83. The molecule has 18 heavy (non-hydrogen) atoms. The summed E-state index contributed by atoms with van der Waals surface area (Å²) in [6.45, 7) is 8.91. The fourth-order valence-electron chi connectivity index (χ4n) is 2.42. The summed E-state index contributed by atoms with van der Waals surface area (Å²) in [5, 5.41) is 3.39. The van der Waals surface area contributed by atoms with Gasteiger partial charge in [0.2, 0.25) is 0 Å². The summed E-state index contributed by atoms with van der Waals surface area (Å²) in [4.78, 5) is 6.98. The Morgan fingerprint density at radius 2 is 2.11 bits per heavy atom. The van der Waals surface area contributed by atoms with Gasteiger partial charge in [0.15, 0.2) is 0 Å². The molecule has 0 aromatic carbocycles. The summed E-state index contributed by atoms with van der Waals surface area (Å²) in [7, 11) is 0. The molecule has 4 heteroatoms. The number of nitrogens with zero attached hydrogens (tertiary/aromatic N) is 2. The van der Waals surface area contributed by atoms with Crippen LogP contribution in [0.1, 0.15) is 25.5 Å². The van der Waals surface area contributed by atoms with Crippen molar-refractivity contribution in [1.82, 2.24) is 9.88 Å². The van der Waals surface area contributed by atoms with Gasteiger partial charge in [0, 0.05) is 13.1 Å². The summed E-state index contributed by atoms with van der Waals surface area (Å²) in [6, 6.07) is 3.86. The molecule has 1 fully saturated rings. The van der Waals surface area contributed by atoms with Crippen molar-refractivity contribution >= 4 is 11.5 Å². The number of pyridine rings is 1. The van der Waals surface area contributed by atoms with E-state index in [0.29, 0.717) is 5.92 Å². The highest BCUT2D eigenvalue weighted by atomic mass is 15.1. The first-order valence-corrected chi connectivity index (χ1v) is 6.84. The molecule has 0 bridgehead atoms. The molecule has 1 aliphatic rings. The average molecular weight is 248 g/mol. The van der Waals surface area contributed by atoms with Crippen molar-refractivity contribution in [3.05, 3.63) is 17.8 Å². The number of nitrogens with two attached hydrogens (primary N) is 1. The van der Waals surface area contributed by atoms with E-state index in [2.05, 4.69) is 22.1 Å². The van der Waals surface area contributed by atoms with E-state index >= 15 is 0 Å². The van der Waals surface area contributed by atoms with Gasteiger partial charge in [0.25, 0.3) is 0 Å². The molecule has 4 nitrogen and oxygen atoms in total. The van der Waals surface area contributed by atoms with Crippen LogP contribution >= 0.6 is 0 Å². The highest BCUT2D eigenvalue weighted by Gasteiger charge is 2.14. The van der Waals surface area contributed by atoms with Gasteiger partial charge < -0.3 is 16.0 Å². The van der Waals surface area contributed by atoms with E-state index in [1.807, 2.05) is 19.1 Å². The molecule has 1 aliphatic heterocycles. The predicted molar refractivity (Wildman–Crippen MR) is 76.7 cm³/mol. The molecule has 2 rings (SSSR count). The van der Waals surface area contributed by atoms with Gasteiger partial charge >= 0.3 is 0 Å². The molecular formula is C14H24N4. The lowest BCUT2D eigenvalue weighted by Crippen LogP contribution is -2.29. The quantitative estimate of drug-likeness (QED) is 0.838. The Morgan fingerprint density at radius 3 is 2.78 bits per heavy atom.